The van der Waals surface area contributed by atoms with Crippen LogP contribution in [0.5, 0.6) is 0 Å². The number of nitro groups is 1. The normalized spacial score (nSPS) is 12.8. The maximum Gasteiger partial charge on any atom is 0.334 e. The predicted molar refractivity (Wildman–Crippen MR) is 82.1 cm³/mol. The van der Waals surface area contributed by atoms with Crippen LogP contribution in [-0.4, -0.2) is 30.1 Å². The van der Waals surface area contributed by atoms with Crippen LogP contribution in [0.1, 0.15) is 25.5 Å². The van der Waals surface area contributed by atoms with Crippen molar-refractivity contribution in [2.75, 3.05) is 13.2 Å². The Morgan fingerprint density at radius 1 is 1.17 bits per heavy atom. The van der Waals surface area contributed by atoms with E-state index in [-0.39, 0.29) is 24.4 Å². The smallest absolute Gasteiger partial charge is 0.334 e. The molecule has 7 nitrogen and oxygen atoms in total. The van der Waals surface area contributed by atoms with Crippen molar-refractivity contribution in [1.29, 1.82) is 0 Å². The summed E-state index contributed by atoms with van der Waals surface area (Å²) in [5.74, 6) is -3.18. The molecule has 2 atom stereocenters. The van der Waals surface area contributed by atoms with Crippen molar-refractivity contribution in [2.45, 2.75) is 19.9 Å². The first kappa shape index (κ1) is 18.3. The molecule has 0 aliphatic carbocycles. The molecule has 0 aliphatic heterocycles. The second-order valence-electron chi connectivity index (χ2n) is 4.62. The number of benzene rings is 1. The zero-order chi connectivity index (χ0) is 17.4. The zero-order valence-corrected chi connectivity index (χ0v) is 13.1. The van der Waals surface area contributed by atoms with Gasteiger partial charge in [-0.25, -0.2) is 4.79 Å². The fourth-order valence-corrected chi connectivity index (χ4v) is 2.13. The van der Waals surface area contributed by atoms with Crippen molar-refractivity contribution in [1.82, 2.24) is 0 Å². The predicted octanol–water partition coefficient (Wildman–Crippen LogP) is 2.30. The van der Waals surface area contributed by atoms with Crippen LogP contribution in [0.3, 0.4) is 0 Å². The van der Waals surface area contributed by atoms with Gasteiger partial charge in [0.05, 0.1) is 18.8 Å². The van der Waals surface area contributed by atoms with E-state index in [1.165, 1.54) is 12.1 Å². The van der Waals surface area contributed by atoms with Crippen LogP contribution >= 0.6 is 0 Å². The van der Waals surface area contributed by atoms with Crippen LogP contribution in [0.2, 0.25) is 0 Å². The first-order valence-corrected chi connectivity index (χ1v) is 7.15. The molecule has 2 unspecified atom stereocenters. The van der Waals surface area contributed by atoms with E-state index in [0.717, 1.165) is 0 Å². The average Bonchev–Trinajstić information content (AvgIpc) is 2.52. The van der Waals surface area contributed by atoms with Crippen LogP contribution in [0.25, 0.3) is 0 Å². The highest BCUT2D eigenvalue weighted by molar-refractivity contribution is 5.95. The Kier molecular flexibility index (Phi) is 6.92. The highest BCUT2D eigenvalue weighted by Crippen LogP contribution is 2.32. The second kappa shape index (κ2) is 8.67. The fourth-order valence-electron chi connectivity index (χ4n) is 2.13. The van der Waals surface area contributed by atoms with E-state index in [4.69, 9.17) is 9.47 Å². The summed E-state index contributed by atoms with van der Waals surface area (Å²) in [5.41, 5.74) is -0.0168. The molecule has 0 amide bonds. The number of hydrogen-bond donors (Lipinski definition) is 0. The van der Waals surface area contributed by atoms with Gasteiger partial charge in [0, 0.05) is 10.5 Å². The van der Waals surface area contributed by atoms with E-state index in [1.807, 2.05) is 0 Å². The molecule has 0 bridgehead atoms. The molecule has 0 fully saturated rings. The molecule has 0 N–H and O–H groups in total. The molecule has 0 heterocycles. The highest BCUT2D eigenvalue weighted by Gasteiger charge is 2.44. The molecule has 0 saturated heterocycles. The number of nitrogens with zero attached hydrogens (tertiary/aromatic N) is 1. The van der Waals surface area contributed by atoms with E-state index in [2.05, 4.69) is 6.58 Å². The third-order valence-electron chi connectivity index (χ3n) is 3.14. The molecule has 0 spiro atoms. The number of esters is 2. The van der Waals surface area contributed by atoms with Gasteiger partial charge in [-0.15, -0.1) is 0 Å². The molecular formula is C16H19NO6. The van der Waals surface area contributed by atoms with Crippen molar-refractivity contribution in [3.63, 3.8) is 0 Å². The van der Waals surface area contributed by atoms with Crippen molar-refractivity contribution in [3.05, 3.63) is 58.2 Å². The largest absolute Gasteiger partial charge is 0.465 e. The molecule has 1 rings (SSSR count). The van der Waals surface area contributed by atoms with Gasteiger partial charge < -0.3 is 9.47 Å². The molecule has 0 aliphatic rings. The molecule has 7 heteroatoms. The lowest BCUT2D eigenvalue weighted by atomic mass is 9.87. The fraction of sp³-hybridized carbons (Fsp3) is 0.375. The molecule has 0 radical (unpaired) electrons. The molecule has 124 valence electrons. The van der Waals surface area contributed by atoms with Crippen LogP contribution in [0.4, 0.5) is 0 Å². The Balaban J connectivity index is 3.29. The SMILES string of the molecule is C=C(C(=O)OCC)C(C(=O)OCC)C(c1ccccc1)[N+](=O)[O-]. The Morgan fingerprint density at radius 3 is 2.22 bits per heavy atom. The second-order valence-corrected chi connectivity index (χ2v) is 4.62. The lowest BCUT2D eigenvalue weighted by Crippen LogP contribution is -2.33. The molecule has 0 saturated carbocycles. The topological polar surface area (TPSA) is 95.7 Å². The summed E-state index contributed by atoms with van der Waals surface area (Å²) in [7, 11) is 0. The lowest BCUT2D eigenvalue weighted by molar-refractivity contribution is -0.534. The van der Waals surface area contributed by atoms with Crippen molar-refractivity contribution >= 4 is 11.9 Å². The average molecular weight is 321 g/mol. The van der Waals surface area contributed by atoms with Crippen LogP contribution < -0.4 is 0 Å². The molecule has 23 heavy (non-hydrogen) atoms. The van der Waals surface area contributed by atoms with Gasteiger partial charge in [-0.3, -0.25) is 14.9 Å². The first-order chi connectivity index (χ1) is 10.9. The number of carbonyl (C=O) groups is 2. The minimum atomic E-state index is -1.48. The van der Waals surface area contributed by atoms with Crippen molar-refractivity contribution < 1.29 is 24.0 Å². The Morgan fingerprint density at radius 2 is 1.74 bits per heavy atom. The summed E-state index contributed by atoms with van der Waals surface area (Å²) in [4.78, 5) is 35.0. The molecule has 1 aromatic rings. The van der Waals surface area contributed by atoms with Crippen LogP contribution in [-0.2, 0) is 19.1 Å². The van der Waals surface area contributed by atoms with Gasteiger partial charge in [-0.1, -0.05) is 36.9 Å². The quantitative estimate of drug-likeness (QED) is 0.315. The maximum absolute atomic E-state index is 12.2. The Bertz CT molecular complexity index is 583. The molecule has 1 aromatic carbocycles. The maximum atomic E-state index is 12.2. The van der Waals surface area contributed by atoms with Gasteiger partial charge in [0.15, 0.2) is 5.92 Å². The summed E-state index contributed by atoms with van der Waals surface area (Å²) >= 11 is 0. The number of ether oxygens (including phenoxy) is 2. The molecule has 0 aromatic heterocycles. The lowest BCUT2D eigenvalue weighted by Gasteiger charge is -2.20. The Hall–Kier alpha value is -2.70. The van der Waals surface area contributed by atoms with Crippen LogP contribution in [0, 0.1) is 16.0 Å². The first-order valence-electron chi connectivity index (χ1n) is 7.15. The van der Waals surface area contributed by atoms with Crippen molar-refractivity contribution in [2.24, 2.45) is 5.92 Å². The van der Waals surface area contributed by atoms with Crippen LogP contribution in [0.15, 0.2) is 42.5 Å². The monoisotopic (exact) mass is 321 g/mol. The van der Waals surface area contributed by atoms with E-state index in [9.17, 15) is 19.7 Å². The van der Waals surface area contributed by atoms with Gasteiger partial charge in [-0.05, 0) is 13.8 Å². The number of hydrogen-bond acceptors (Lipinski definition) is 6. The van der Waals surface area contributed by atoms with Gasteiger partial charge >= 0.3 is 11.9 Å². The van der Waals surface area contributed by atoms with E-state index in [0.29, 0.717) is 0 Å². The minimum absolute atomic E-state index is 0.0324. The standard InChI is InChI=1S/C16H19NO6/c1-4-22-15(18)11(3)13(16(19)23-5-2)14(17(20)21)12-9-7-6-8-10-12/h6-10,13-14H,3-5H2,1-2H3. The van der Waals surface area contributed by atoms with Crippen molar-refractivity contribution in [3.8, 4) is 0 Å². The third kappa shape index (κ3) is 4.64. The minimum Gasteiger partial charge on any atom is -0.465 e. The number of carbonyl (C=O) groups excluding carboxylic acids is 2. The van der Waals surface area contributed by atoms with E-state index in [1.54, 1.807) is 32.0 Å². The summed E-state index contributed by atoms with van der Waals surface area (Å²) in [6, 6.07) is 6.46. The summed E-state index contributed by atoms with van der Waals surface area (Å²) in [6.07, 6.45) is 0. The Labute approximate surface area is 134 Å². The highest BCUT2D eigenvalue weighted by atomic mass is 16.6. The summed E-state index contributed by atoms with van der Waals surface area (Å²) in [6.45, 7) is 6.79. The third-order valence-corrected chi connectivity index (χ3v) is 3.14. The molecular weight excluding hydrogens is 302 g/mol. The van der Waals surface area contributed by atoms with E-state index < -0.39 is 28.8 Å². The summed E-state index contributed by atoms with van der Waals surface area (Å²) in [5, 5.41) is 11.5. The number of rotatable bonds is 8. The van der Waals surface area contributed by atoms with Gasteiger partial charge in [0.25, 0.3) is 6.04 Å². The zero-order valence-electron chi connectivity index (χ0n) is 13.1. The van der Waals surface area contributed by atoms with Gasteiger partial charge in [-0.2, -0.15) is 0 Å². The summed E-state index contributed by atoms with van der Waals surface area (Å²) < 4.78 is 9.70. The van der Waals surface area contributed by atoms with Gasteiger partial charge in [0.1, 0.15) is 0 Å². The van der Waals surface area contributed by atoms with Gasteiger partial charge in [0.2, 0.25) is 0 Å². The van der Waals surface area contributed by atoms with E-state index >= 15 is 0 Å².